The molecule has 5 nitrogen and oxygen atoms in total. The number of para-hydroxylation sites is 1. The summed E-state index contributed by atoms with van der Waals surface area (Å²) in [5.41, 5.74) is 1.79. The molecule has 31 heavy (non-hydrogen) atoms. The zero-order valence-electron chi connectivity index (χ0n) is 19.3. The van der Waals surface area contributed by atoms with E-state index in [1.807, 2.05) is 36.4 Å². The highest BCUT2D eigenvalue weighted by Crippen LogP contribution is 2.31. The van der Waals surface area contributed by atoms with Crippen LogP contribution in [0.2, 0.25) is 0 Å². The van der Waals surface area contributed by atoms with Gasteiger partial charge in [-0.05, 0) is 55.7 Å². The first-order valence-corrected chi connectivity index (χ1v) is 11.6. The van der Waals surface area contributed by atoms with E-state index in [-0.39, 0.29) is 5.97 Å². The van der Waals surface area contributed by atoms with Crippen molar-refractivity contribution in [3.63, 3.8) is 0 Å². The fourth-order valence-electron chi connectivity index (χ4n) is 3.09. The molecular formula is C26H37NO4. The average Bonchev–Trinajstić information content (AvgIpc) is 2.83. The van der Waals surface area contributed by atoms with E-state index in [0.29, 0.717) is 30.6 Å². The summed E-state index contributed by atoms with van der Waals surface area (Å²) in [5, 5.41) is 0. The molecule has 1 aromatic heterocycles. The van der Waals surface area contributed by atoms with Crippen LogP contribution in [0.3, 0.4) is 0 Å². The quantitative estimate of drug-likeness (QED) is 0.340. The molecule has 1 saturated heterocycles. The number of ether oxygens (including phenoxy) is 3. The molecule has 1 aliphatic rings. The molecule has 0 amide bonds. The molecule has 1 aliphatic heterocycles. The van der Waals surface area contributed by atoms with Crippen LogP contribution in [0.15, 0.2) is 42.6 Å². The summed E-state index contributed by atoms with van der Waals surface area (Å²) in [6, 6.07) is 11.3. The van der Waals surface area contributed by atoms with Gasteiger partial charge >= 0.3 is 5.97 Å². The van der Waals surface area contributed by atoms with E-state index in [0.717, 1.165) is 43.6 Å². The Bertz CT molecular complexity index is 762. The predicted octanol–water partition coefficient (Wildman–Crippen LogP) is 6.46. The molecule has 5 heteroatoms. The van der Waals surface area contributed by atoms with Crippen LogP contribution in [0.25, 0.3) is 11.1 Å². The SMILES string of the molecule is C1CCOCC1.CCCOc1cc(-c2ccccc2OC(=O)CCC(C)CC)ccn1. The fraction of sp³-hybridized carbons (Fsp3) is 0.538. The normalized spacial score (nSPS) is 14.2. The van der Waals surface area contributed by atoms with Gasteiger partial charge in [-0.25, -0.2) is 4.98 Å². The van der Waals surface area contributed by atoms with Gasteiger partial charge in [0.25, 0.3) is 0 Å². The molecule has 1 unspecified atom stereocenters. The van der Waals surface area contributed by atoms with Crippen LogP contribution in [0.1, 0.15) is 65.7 Å². The zero-order chi connectivity index (χ0) is 22.3. The van der Waals surface area contributed by atoms with E-state index < -0.39 is 0 Å². The molecule has 0 N–H and O–H groups in total. The maximum atomic E-state index is 12.2. The number of carbonyl (C=O) groups excluding carboxylic acids is 1. The number of benzene rings is 1. The van der Waals surface area contributed by atoms with E-state index in [1.165, 1.54) is 19.3 Å². The minimum atomic E-state index is -0.190. The first kappa shape index (κ1) is 24.9. The van der Waals surface area contributed by atoms with Crippen LogP contribution in [-0.2, 0) is 9.53 Å². The van der Waals surface area contributed by atoms with Gasteiger partial charge in [0.1, 0.15) is 5.75 Å². The number of rotatable bonds is 9. The summed E-state index contributed by atoms with van der Waals surface area (Å²) >= 11 is 0. The van der Waals surface area contributed by atoms with Gasteiger partial charge in [0.2, 0.25) is 5.88 Å². The lowest BCUT2D eigenvalue weighted by atomic mass is 10.0. The van der Waals surface area contributed by atoms with Gasteiger partial charge in [-0.15, -0.1) is 0 Å². The van der Waals surface area contributed by atoms with Gasteiger partial charge in [-0.2, -0.15) is 0 Å². The molecule has 3 rings (SSSR count). The van der Waals surface area contributed by atoms with Crippen molar-refractivity contribution in [1.82, 2.24) is 4.98 Å². The minimum Gasteiger partial charge on any atom is -0.478 e. The Balaban J connectivity index is 0.000000488. The van der Waals surface area contributed by atoms with Gasteiger partial charge in [-0.1, -0.05) is 45.4 Å². The second-order valence-corrected chi connectivity index (χ2v) is 7.93. The number of nitrogens with zero attached hydrogens (tertiary/aromatic N) is 1. The molecular weight excluding hydrogens is 390 g/mol. The molecule has 2 heterocycles. The Morgan fingerprint density at radius 2 is 1.90 bits per heavy atom. The third-order valence-corrected chi connectivity index (χ3v) is 5.23. The van der Waals surface area contributed by atoms with Gasteiger partial charge in [0.05, 0.1) is 6.61 Å². The summed E-state index contributed by atoms with van der Waals surface area (Å²) in [5.74, 6) is 1.49. The molecule has 0 saturated carbocycles. The van der Waals surface area contributed by atoms with Gasteiger partial charge in [-0.3, -0.25) is 4.79 Å². The van der Waals surface area contributed by atoms with Crippen LogP contribution in [0, 0.1) is 5.92 Å². The topological polar surface area (TPSA) is 57.7 Å². The highest BCUT2D eigenvalue weighted by Gasteiger charge is 2.12. The second-order valence-electron chi connectivity index (χ2n) is 7.93. The first-order chi connectivity index (χ1) is 15.1. The van der Waals surface area contributed by atoms with E-state index in [1.54, 1.807) is 6.20 Å². The summed E-state index contributed by atoms with van der Waals surface area (Å²) in [4.78, 5) is 16.4. The Hall–Kier alpha value is -2.40. The van der Waals surface area contributed by atoms with Crippen LogP contribution in [0.4, 0.5) is 0 Å². The number of hydrogen-bond donors (Lipinski definition) is 0. The van der Waals surface area contributed by atoms with Crippen molar-refractivity contribution < 1.29 is 19.0 Å². The number of carbonyl (C=O) groups is 1. The highest BCUT2D eigenvalue weighted by molar-refractivity contribution is 5.78. The molecule has 0 bridgehead atoms. The predicted molar refractivity (Wildman–Crippen MR) is 124 cm³/mol. The van der Waals surface area contributed by atoms with Crippen molar-refractivity contribution in [2.24, 2.45) is 5.92 Å². The van der Waals surface area contributed by atoms with Crippen molar-refractivity contribution in [2.45, 2.75) is 65.7 Å². The Morgan fingerprint density at radius 1 is 1.13 bits per heavy atom. The first-order valence-electron chi connectivity index (χ1n) is 11.6. The third kappa shape index (κ3) is 9.52. The summed E-state index contributed by atoms with van der Waals surface area (Å²) in [6.07, 6.45) is 8.92. The zero-order valence-corrected chi connectivity index (χ0v) is 19.3. The molecule has 1 aromatic carbocycles. The van der Waals surface area contributed by atoms with E-state index in [4.69, 9.17) is 14.2 Å². The number of esters is 1. The fourth-order valence-corrected chi connectivity index (χ4v) is 3.09. The lowest BCUT2D eigenvalue weighted by molar-refractivity contribution is -0.134. The highest BCUT2D eigenvalue weighted by atomic mass is 16.5. The molecule has 0 spiro atoms. The molecule has 0 radical (unpaired) electrons. The molecule has 0 aliphatic carbocycles. The standard InChI is InChI=1S/C21H27NO3.C5H10O/c1-4-14-24-20-15-17(12-13-22-20)18-8-6-7-9-19(18)25-21(23)11-10-16(3)5-2;1-2-4-6-5-3-1/h6-9,12-13,15-16H,4-5,10-11,14H2,1-3H3;1-5H2. The van der Waals surface area contributed by atoms with Gasteiger partial charge < -0.3 is 14.2 Å². The number of hydrogen-bond acceptors (Lipinski definition) is 5. The van der Waals surface area contributed by atoms with Crippen molar-refractivity contribution in [3.8, 4) is 22.8 Å². The average molecular weight is 428 g/mol. The number of aromatic nitrogens is 1. The van der Waals surface area contributed by atoms with Crippen LogP contribution < -0.4 is 9.47 Å². The maximum Gasteiger partial charge on any atom is 0.311 e. The number of pyridine rings is 1. The van der Waals surface area contributed by atoms with Crippen molar-refractivity contribution in [2.75, 3.05) is 19.8 Å². The molecule has 1 atom stereocenters. The largest absolute Gasteiger partial charge is 0.478 e. The summed E-state index contributed by atoms with van der Waals surface area (Å²) in [6.45, 7) is 8.96. The van der Waals surface area contributed by atoms with E-state index in [2.05, 4.69) is 25.8 Å². The van der Waals surface area contributed by atoms with Crippen molar-refractivity contribution >= 4 is 5.97 Å². The van der Waals surface area contributed by atoms with Crippen LogP contribution in [-0.4, -0.2) is 30.8 Å². The van der Waals surface area contributed by atoms with E-state index >= 15 is 0 Å². The second kappa shape index (κ2) is 14.6. The van der Waals surface area contributed by atoms with Crippen molar-refractivity contribution in [1.29, 1.82) is 0 Å². The van der Waals surface area contributed by atoms with E-state index in [9.17, 15) is 4.79 Å². The lowest BCUT2D eigenvalue weighted by Gasteiger charge is -2.12. The Morgan fingerprint density at radius 3 is 2.55 bits per heavy atom. The monoisotopic (exact) mass is 427 g/mol. The van der Waals surface area contributed by atoms with Crippen molar-refractivity contribution in [3.05, 3.63) is 42.6 Å². The minimum absolute atomic E-state index is 0.190. The van der Waals surface area contributed by atoms with Crippen LogP contribution >= 0.6 is 0 Å². The van der Waals surface area contributed by atoms with Gasteiger partial charge in [0, 0.05) is 37.5 Å². The Labute approximate surface area is 187 Å². The Kier molecular flexibility index (Phi) is 11.7. The summed E-state index contributed by atoms with van der Waals surface area (Å²) in [7, 11) is 0. The third-order valence-electron chi connectivity index (χ3n) is 5.23. The smallest absolute Gasteiger partial charge is 0.311 e. The molecule has 1 fully saturated rings. The molecule has 170 valence electrons. The maximum absolute atomic E-state index is 12.2. The van der Waals surface area contributed by atoms with Crippen LogP contribution in [0.5, 0.6) is 11.6 Å². The molecule has 2 aromatic rings. The van der Waals surface area contributed by atoms with Gasteiger partial charge in [0.15, 0.2) is 0 Å². The lowest BCUT2D eigenvalue weighted by Crippen LogP contribution is -2.10. The summed E-state index contributed by atoms with van der Waals surface area (Å²) < 4.78 is 16.3.